The molecular formula is C19H12F3N5O5. The van der Waals surface area contributed by atoms with Crippen molar-refractivity contribution >= 4 is 28.6 Å². The van der Waals surface area contributed by atoms with Crippen molar-refractivity contribution in [1.82, 2.24) is 24.1 Å². The van der Waals surface area contributed by atoms with Gasteiger partial charge >= 0.3 is 18.1 Å². The highest BCUT2D eigenvalue weighted by molar-refractivity contribution is 5.96. The number of ether oxygens (including phenoxy) is 2. The Hall–Kier alpha value is -4.29. The highest BCUT2D eigenvalue weighted by Crippen LogP contribution is 2.27. The fourth-order valence-corrected chi connectivity index (χ4v) is 3.06. The molecular weight excluding hydrogens is 435 g/mol. The highest BCUT2D eigenvalue weighted by atomic mass is 19.4. The molecule has 0 saturated heterocycles. The first-order valence-corrected chi connectivity index (χ1v) is 8.80. The molecule has 0 N–H and O–H groups in total. The lowest BCUT2D eigenvalue weighted by Gasteiger charge is -2.11. The lowest BCUT2D eigenvalue weighted by atomic mass is 10.1. The Morgan fingerprint density at radius 2 is 1.66 bits per heavy atom. The smallest absolute Gasteiger partial charge is 0.453 e. The van der Waals surface area contributed by atoms with Gasteiger partial charge in [0.15, 0.2) is 0 Å². The molecule has 0 aliphatic rings. The third kappa shape index (κ3) is 3.42. The molecule has 0 saturated carbocycles. The molecule has 0 atom stereocenters. The van der Waals surface area contributed by atoms with Crippen molar-refractivity contribution in [3.05, 3.63) is 64.0 Å². The van der Waals surface area contributed by atoms with E-state index < -0.39 is 29.5 Å². The fourth-order valence-electron chi connectivity index (χ4n) is 3.06. The summed E-state index contributed by atoms with van der Waals surface area (Å²) in [4.78, 5) is 44.2. The predicted octanol–water partition coefficient (Wildman–Crippen LogP) is 2.02. The highest BCUT2D eigenvalue weighted by Gasteiger charge is 2.36. The van der Waals surface area contributed by atoms with Crippen LogP contribution in [0.4, 0.5) is 13.2 Å². The van der Waals surface area contributed by atoms with Crippen LogP contribution in [0.25, 0.3) is 22.4 Å². The number of nitrogens with zero attached hydrogens (tertiary/aromatic N) is 5. The molecule has 0 bridgehead atoms. The van der Waals surface area contributed by atoms with Gasteiger partial charge in [0.1, 0.15) is 0 Å². The zero-order valence-corrected chi connectivity index (χ0v) is 16.4. The van der Waals surface area contributed by atoms with Gasteiger partial charge in [0.25, 0.3) is 17.2 Å². The van der Waals surface area contributed by atoms with E-state index in [-0.39, 0.29) is 33.5 Å². The van der Waals surface area contributed by atoms with Crippen molar-refractivity contribution in [3.8, 4) is 5.69 Å². The first-order chi connectivity index (χ1) is 15.1. The van der Waals surface area contributed by atoms with Crippen LogP contribution < -0.4 is 5.56 Å². The number of aromatic nitrogens is 5. The van der Waals surface area contributed by atoms with Gasteiger partial charge in [0, 0.05) is 12.4 Å². The third-order valence-electron chi connectivity index (χ3n) is 4.53. The summed E-state index contributed by atoms with van der Waals surface area (Å²) < 4.78 is 50.1. The molecule has 0 unspecified atom stereocenters. The SMILES string of the molecule is COC(=O)c1cc(C(=O)OC)cc(-n2ccc3c(cnc4nc(C(F)(F)F)nn43)c2=O)c1. The summed E-state index contributed by atoms with van der Waals surface area (Å²) in [5.41, 5.74) is -0.556. The number of hydrogen-bond acceptors (Lipinski definition) is 8. The van der Waals surface area contributed by atoms with Gasteiger partial charge in [0.05, 0.1) is 41.9 Å². The molecule has 4 aromatic rings. The lowest BCUT2D eigenvalue weighted by Crippen LogP contribution is -2.20. The first-order valence-electron chi connectivity index (χ1n) is 8.80. The monoisotopic (exact) mass is 447 g/mol. The van der Waals surface area contributed by atoms with E-state index in [0.717, 1.165) is 29.5 Å². The van der Waals surface area contributed by atoms with Crippen LogP contribution in [-0.4, -0.2) is 50.3 Å². The average molecular weight is 447 g/mol. The first kappa shape index (κ1) is 21.0. The van der Waals surface area contributed by atoms with Crippen LogP contribution in [-0.2, 0) is 15.7 Å². The molecule has 0 amide bonds. The van der Waals surface area contributed by atoms with E-state index in [1.54, 1.807) is 0 Å². The summed E-state index contributed by atoms with van der Waals surface area (Å²) in [7, 11) is 2.30. The number of hydrogen-bond donors (Lipinski definition) is 0. The number of fused-ring (bicyclic) bond motifs is 3. The van der Waals surface area contributed by atoms with Crippen LogP contribution in [0.5, 0.6) is 0 Å². The van der Waals surface area contributed by atoms with Crippen molar-refractivity contribution in [2.75, 3.05) is 14.2 Å². The number of halogens is 3. The molecule has 164 valence electrons. The number of carbonyl (C=O) groups excluding carboxylic acids is 2. The van der Waals surface area contributed by atoms with E-state index in [1.165, 1.54) is 30.5 Å². The third-order valence-corrected chi connectivity index (χ3v) is 4.53. The molecule has 0 aliphatic carbocycles. The summed E-state index contributed by atoms with van der Waals surface area (Å²) >= 11 is 0. The Labute approximate surface area is 175 Å². The van der Waals surface area contributed by atoms with E-state index in [1.807, 2.05) is 0 Å². The maximum atomic E-state index is 13.1. The zero-order valence-electron chi connectivity index (χ0n) is 16.4. The molecule has 13 heteroatoms. The van der Waals surface area contributed by atoms with Gasteiger partial charge in [-0.15, -0.1) is 5.10 Å². The van der Waals surface area contributed by atoms with E-state index in [9.17, 15) is 27.6 Å². The van der Waals surface area contributed by atoms with Crippen LogP contribution in [0, 0.1) is 0 Å². The number of carbonyl (C=O) groups is 2. The van der Waals surface area contributed by atoms with Gasteiger partial charge < -0.3 is 9.47 Å². The topological polar surface area (TPSA) is 118 Å². The van der Waals surface area contributed by atoms with Gasteiger partial charge in [0.2, 0.25) is 0 Å². The van der Waals surface area contributed by atoms with Crippen LogP contribution in [0.15, 0.2) is 41.5 Å². The Kier molecular flexibility index (Phi) is 4.87. The van der Waals surface area contributed by atoms with Crippen molar-refractivity contribution in [2.24, 2.45) is 0 Å². The Morgan fingerprint density at radius 3 is 2.22 bits per heavy atom. The maximum Gasteiger partial charge on any atom is 0.453 e. The fraction of sp³-hybridized carbons (Fsp3) is 0.158. The van der Waals surface area contributed by atoms with Crippen LogP contribution >= 0.6 is 0 Å². The molecule has 0 fully saturated rings. The molecule has 10 nitrogen and oxygen atoms in total. The van der Waals surface area contributed by atoms with Crippen LogP contribution in [0.2, 0.25) is 0 Å². The number of alkyl halides is 3. The molecule has 0 radical (unpaired) electrons. The van der Waals surface area contributed by atoms with E-state index in [2.05, 4.69) is 24.5 Å². The maximum absolute atomic E-state index is 13.1. The number of pyridine rings is 1. The van der Waals surface area contributed by atoms with Crippen molar-refractivity contribution < 1.29 is 32.2 Å². The van der Waals surface area contributed by atoms with Crippen LogP contribution in [0.3, 0.4) is 0 Å². The van der Waals surface area contributed by atoms with Gasteiger partial charge in [-0.05, 0) is 24.3 Å². The summed E-state index contributed by atoms with van der Waals surface area (Å²) in [6, 6.07) is 5.21. The Bertz CT molecular complexity index is 1420. The minimum Gasteiger partial charge on any atom is -0.465 e. The molecule has 1 aromatic carbocycles. The molecule has 0 spiro atoms. The summed E-state index contributed by atoms with van der Waals surface area (Å²) in [5, 5.41) is 3.33. The molecule has 32 heavy (non-hydrogen) atoms. The Morgan fingerprint density at radius 1 is 1.03 bits per heavy atom. The van der Waals surface area contributed by atoms with E-state index in [0.29, 0.717) is 0 Å². The summed E-state index contributed by atoms with van der Waals surface area (Å²) in [5.74, 6) is -3.23. The van der Waals surface area contributed by atoms with Crippen molar-refractivity contribution in [3.63, 3.8) is 0 Å². The van der Waals surface area contributed by atoms with Crippen LogP contribution in [0.1, 0.15) is 26.5 Å². The van der Waals surface area contributed by atoms with Gasteiger partial charge in [-0.1, -0.05) is 0 Å². The second-order valence-electron chi connectivity index (χ2n) is 6.44. The zero-order chi connectivity index (χ0) is 23.2. The molecule has 3 aromatic heterocycles. The summed E-state index contributed by atoms with van der Waals surface area (Å²) in [6.07, 6.45) is -2.45. The standard InChI is InChI=1S/C19H12F3N5O5/c1-31-15(29)9-5-10(16(30)32-2)7-11(6-9)26-4-3-13-12(14(26)28)8-23-18-24-17(19(20,21)22)25-27(13)18/h3-8H,1-2H3. The summed E-state index contributed by atoms with van der Waals surface area (Å²) in [6.45, 7) is 0. The minimum absolute atomic E-state index is 0.0166. The van der Waals surface area contributed by atoms with Crippen molar-refractivity contribution in [1.29, 1.82) is 0 Å². The minimum atomic E-state index is -4.78. The average Bonchev–Trinajstić information content (AvgIpc) is 3.23. The van der Waals surface area contributed by atoms with Gasteiger partial charge in [-0.2, -0.15) is 22.7 Å². The Balaban J connectivity index is 1.95. The number of methoxy groups -OCH3 is 2. The molecule has 3 heterocycles. The molecule has 0 aliphatic heterocycles. The number of benzene rings is 1. The lowest BCUT2D eigenvalue weighted by molar-refractivity contribution is -0.144. The van der Waals surface area contributed by atoms with Crippen molar-refractivity contribution in [2.45, 2.75) is 6.18 Å². The van der Waals surface area contributed by atoms with E-state index in [4.69, 9.17) is 0 Å². The van der Waals surface area contributed by atoms with E-state index >= 15 is 0 Å². The number of rotatable bonds is 3. The molecule has 4 rings (SSSR count). The predicted molar refractivity (Wildman–Crippen MR) is 102 cm³/mol. The second kappa shape index (κ2) is 7.44. The quantitative estimate of drug-likeness (QED) is 0.438. The second-order valence-corrected chi connectivity index (χ2v) is 6.44. The number of esters is 2. The largest absolute Gasteiger partial charge is 0.465 e. The normalized spacial score (nSPS) is 11.7. The van der Waals surface area contributed by atoms with Gasteiger partial charge in [-0.3, -0.25) is 9.36 Å². The van der Waals surface area contributed by atoms with Gasteiger partial charge in [-0.25, -0.2) is 14.6 Å².